The quantitative estimate of drug-likeness (QED) is 0.189. The first kappa shape index (κ1) is 28.6. The highest BCUT2D eigenvalue weighted by Gasteiger charge is 2.13. The van der Waals surface area contributed by atoms with Crippen molar-refractivity contribution in [2.24, 2.45) is 0 Å². The van der Waals surface area contributed by atoms with Gasteiger partial charge in [0.25, 0.3) is 0 Å². The number of ether oxygens (including phenoxy) is 2. The molecule has 0 saturated carbocycles. The van der Waals surface area contributed by atoms with Crippen LogP contribution in [-0.4, -0.2) is 36.6 Å². The van der Waals surface area contributed by atoms with Crippen molar-refractivity contribution in [3.8, 4) is 28.3 Å². The lowest BCUT2D eigenvalue weighted by Crippen LogP contribution is -2.28. The fourth-order valence-corrected chi connectivity index (χ4v) is 4.45. The molecule has 0 atom stereocenters. The minimum Gasteiger partial charge on any atom is -0.493 e. The fourth-order valence-electron chi connectivity index (χ4n) is 4.45. The standard InChI is InChI=1S/C33H36N2O5/c1-23(2)39-33(37)34-18-16-28-22-30(15-14-26(28)13-8-19-36)38-20-17-31-24(3)40-32(35-31)29-12-7-11-27(21-29)25-9-5-4-6-10-25/h4-7,9-12,14-15,19,21-23H,8,13,16-18,20H2,1-3H3,(H,34,37). The third kappa shape index (κ3) is 8.06. The van der Waals surface area contributed by atoms with Gasteiger partial charge in [0.1, 0.15) is 17.8 Å². The monoisotopic (exact) mass is 540 g/mol. The van der Waals surface area contributed by atoms with Crippen molar-refractivity contribution in [1.82, 2.24) is 10.3 Å². The van der Waals surface area contributed by atoms with Gasteiger partial charge in [-0.3, -0.25) is 0 Å². The van der Waals surface area contributed by atoms with E-state index in [2.05, 4.69) is 29.6 Å². The summed E-state index contributed by atoms with van der Waals surface area (Å²) in [7, 11) is 0. The molecule has 4 rings (SSSR count). The normalized spacial score (nSPS) is 10.9. The van der Waals surface area contributed by atoms with Crippen LogP contribution in [0.4, 0.5) is 4.79 Å². The predicted octanol–water partition coefficient (Wildman–Crippen LogP) is 6.75. The van der Waals surface area contributed by atoms with E-state index in [9.17, 15) is 9.59 Å². The van der Waals surface area contributed by atoms with Crippen LogP contribution in [0.1, 0.15) is 42.8 Å². The number of oxazole rings is 1. The molecular weight excluding hydrogens is 504 g/mol. The summed E-state index contributed by atoms with van der Waals surface area (Å²) in [6.45, 7) is 6.40. The van der Waals surface area contributed by atoms with Crippen LogP contribution in [0.3, 0.4) is 0 Å². The maximum Gasteiger partial charge on any atom is 0.407 e. The Hall–Kier alpha value is -4.39. The predicted molar refractivity (Wildman–Crippen MR) is 155 cm³/mol. The molecule has 1 aromatic heterocycles. The number of carbonyl (C=O) groups is 2. The van der Waals surface area contributed by atoms with Gasteiger partial charge in [-0.05, 0) is 80.1 Å². The first-order valence-corrected chi connectivity index (χ1v) is 13.7. The van der Waals surface area contributed by atoms with Gasteiger partial charge in [-0.25, -0.2) is 9.78 Å². The van der Waals surface area contributed by atoms with Gasteiger partial charge in [0.05, 0.1) is 18.4 Å². The average molecular weight is 541 g/mol. The fraction of sp³-hybridized carbons (Fsp3) is 0.303. The Balaban J connectivity index is 1.38. The van der Waals surface area contributed by atoms with E-state index in [4.69, 9.17) is 18.9 Å². The molecule has 4 aromatic rings. The van der Waals surface area contributed by atoms with Gasteiger partial charge in [-0.1, -0.05) is 48.5 Å². The van der Waals surface area contributed by atoms with Crippen LogP contribution in [-0.2, 0) is 28.8 Å². The van der Waals surface area contributed by atoms with Crippen LogP contribution in [0.2, 0.25) is 0 Å². The maximum atomic E-state index is 11.8. The molecular formula is C33H36N2O5. The minimum atomic E-state index is -0.439. The van der Waals surface area contributed by atoms with Crippen LogP contribution in [0, 0.1) is 6.92 Å². The van der Waals surface area contributed by atoms with E-state index >= 15 is 0 Å². The van der Waals surface area contributed by atoms with Gasteiger partial charge >= 0.3 is 6.09 Å². The highest BCUT2D eigenvalue weighted by molar-refractivity contribution is 5.70. The summed E-state index contributed by atoms with van der Waals surface area (Å²) >= 11 is 0. The Morgan fingerprint density at radius 2 is 1.70 bits per heavy atom. The molecule has 0 bridgehead atoms. The number of hydrogen-bond donors (Lipinski definition) is 1. The van der Waals surface area contributed by atoms with Gasteiger partial charge in [0, 0.05) is 24.9 Å². The van der Waals surface area contributed by atoms with E-state index in [1.807, 2.05) is 69.3 Å². The Morgan fingerprint density at radius 1 is 0.925 bits per heavy atom. The third-order valence-corrected chi connectivity index (χ3v) is 6.43. The summed E-state index contributed by atoms with van der Waals surface area (Å²) in [5, 5.41) is 2.77. The number of benzene rings is 3. The molecule has 1 amide bonds. The molecule has 7 nitrogen and oxygen atoms in total. The van der Waals surface area contributed by atoms with Gasteiger partial charge in [0.15, 0.2) is 0 Å². The molecule has 3 aromatic carbocycles. The summed E-state index contributed by atoms with van der Waals surface area (Å²) in [6.07, 6.45) is 2.58. The number of amides is 1. The molecule has 0 aliphatic carbocycles. The van der Waals surface area contributed by atoms with Gasteiger partial charge in [-0.2, -0.15) is 0 Å². The second-order valence-electron chi connectivity index (χ2n) is 9.83. The molecule has 0 unspecified atom stereocenters. The first-order valence-electron chi connectivity index (χ1n) is 13.7. The first-order chi connectivity index (χ1) is 19.4. The van der Waals surface area contributed by atoms with E-state index in [-0.39, 0.29) is 6.10 Å². The summed E-state index contributed by atoms with van der Waals surface area (Å²) in [5.74, 6) is 2.09. The van der Waals surface area contributed by atoms with Crippen molar-refractivity contribution < 1.29 is 23.5 Å². The van der Waals surface area contributed by atoms with Crippen molar-refractivity contribution in [2.45, 2.75) is 52.6 Å². The van der Waals surface area contributed by atoms with E-state index in [0.29, 0.717) is 44.7 Å². The molecule has 7 heteroatoms. The Bertz CT molecular complexity index is 1410. The van der Waals surface area contributed by atoms with Crippen LogP contribution in [0.15, 0.2) is 77.2 Å². The maximum absolute atomic E-state index is 11.8. The van der Waals surface area contributed by atoms with Crippen molar-refractivity contribution in [1.29, 1.82) is 0 Å². The minimum absolute atomic E-state index is 0.177. The van der Waals surface area contributed by atoms with Crippen molar-refractivity contribution in [3.05, 3.63) is 95.4 Å². The molecule has 0 radical (unpaired) electrons. The molecule has 208 valence electrons. The van der Waals surface area contributed by atoms with Gasteiger partial charge in [-0.15, -0.1) is 0 Å². The summed E-state index contributed by atoms with van der Waals surface area (Å²) < 4.78 is 17.2. The van der Waals surface area contributed by atoms with Gasteiger partial charge in [0.2, 0.25) is 5.89 Å². The number of alkyl carbamates (subject to hydrolysis) is 1. The molecule has 0 spiro atoms. The van der Waals surface area contributed by atoms with E-state index in [1.165, 1.54) is 0 Å². The van der Waals surface area contributed by atoms with Crippen molar-refractivity contribution in [3.63, 3.8) is 0 Å². The molecule has 40 heavy (non-hydrogen) atoms. The number of aromatic nitrogens is 1. The Morgan fingerprint density at radius 3 is 2.48 bits per heavy atom. The van der Waals surface area contributed by atoms with Crippen LogP contribution in [0.25, 0.3) is 22.6 Å². The summed E-state index contributed by atoms with van der Waals surface area (Å²) in [5.41, 5.74) is 6.13. The van der Waals surface area contributed by atoms with E-state index < -0.39 is 6.09 Å². The third-order valence-electron chi connectivity index (χ3n) is 6.43. The number of nitrogens with one attached hydrogen (secondary N) is 1. The lowest BCUT2D eigenvalue weighted by Gasteiger charge is -2.13. The lowest BCUT2D eigenvalue weighted by atomic mass is 10.00. The zero-order valence-corrected chi connectivity index (χ0v) is 23.3. The smallest absolute Gasteiger partial charge is 0.407 e. The largest absolute Gasteiger partial charge is 0.493 e. The number of hydrogen-bond acceptors (Lipinski definition) is 6. The molecule has 0 saturated heterocycles. The molecule has 1 heterocycles. The van der Waals surface area contributed by atoms with Crippen molar-refractivity contribution >= 4 is 12.4 Å². The highest BCUT2D eigenvalue weighted by Crippen LogP contribution is 2.27. The van der Waals surface area contributed by atoms with Crippen LogP contribution >= 0.6 is 0 Å². The van der Waals surface area contributed by atoms with E-state index in [0.717, 1.165) is 51.3 Å². The molecule has 1 N–H and O–H groups in total. The number of carbonyl (C=O) groups excluding carboxylic acids is 2. The molecule has 0 fully saturated rings. The van der Waals surface area contributed by atoms with Gasteiger partial charge < -0.3 is 24.0 Å². The number of aryl methyl sites for hydroxylation is 2. The summed E-state index contributed by atoms with van der Waals surface area (Å²) in [4.78, 5) is 27.5. The number of aldehydes is 1. The zero-order chi connectivity index (χ0) is 28.3. The average Bonchev–Trinajstić information content (AvgIpc) is 3.33. The number of nitrogens with zero attached hydrogens (tertiary/aromatic N) is 1. The lowest BCUT2D eigenvalue weighted by molar-refractivity contribution is -0.107. The zero-order valence-electron chi connectivity index (χ0n) is 23.3. The van der Waals surface area contributed by atoms with Crippen LogP contribution in [0.5, 0.6) is 5.75 Å². The SMILES string of the molecule is Cc1oc(-c2cccc(-c3ccccc3)c2)nc1CCOc1ccc(CCC=O)c(CCNC(=O)OC(C)C)c1. The Kier molecular flexibility index (Phi) is 10.1. The molecule has 0 aliphatic heterocycles. The van der Waals surface area contributed by atoms with Crippen LogP contribution < -0.4 is 10.1 Å². The second-order valence-corrected chi connectivity index (χ2v) is 9.83. The van der Waals surface area contributed by atoms with Crippen molar-refractivity contribution in [2.75, 3.05) is 13.2 Å². The highest BCUT2D eigenvalue weighted by atomic mass is 16.6. The topological polar surface area (TPSA) is 90.7 Å². The van der Waals surface area contributed by atoms with E-state index in [1.54, 1.807) is 0 Å². The Labute approximate surface area is 235 Å². The summed E-state index contributed by atoms with van der Waals surface area (Å²) in [6, 6.07) is 24.3. The number of rotatable bonds is 13. The second kappa shape index (κ2) is 14.1. The molecule has 0 aliphatic rings.